The third-order valence-electron chi connectivity index (χ3n) is 3.10. The van der Waals surface area contributed by atoms with Gasteiger partial charge in [0.25, 0.3) is 0 Å². The van der Waals surface area contributed by atoms with E-state index in [4.69, 9.17) is 5.90 Å². The molecule has 0 amide bonds. The van der Waals surface area contributed by atoms with E-state index in [0.29, 0.717) is 12.4 Å². The Labute approximate surface area is 79.3 Å². The van der Waals surface area contributed by atoms with Crippen molar-refractivity contribution in [3.05, 3.63) is 0 Å². The first-order valence-electron chi connectivity index (χ1n) is 4.46. The summed E-state index contributed by atoms with van der Waals surface area (Å²) in [6.07, 6.45) is 1.46. The van der Waals surface area contributed by atoms with Gasteiger partial charge in [0.1, 0.15) is 0 Å². The van der Waals surface area contributed by atoms with E-state index in [1.165, 1.54) is 0 Å². The first kappa shape index (κ1) is 10.9. The number of nitrogens with two attached hydrogens (primary N) is 1. The van der Waals surface area contributed by atoms with Crippen molar-refractivity contribution in [1.82, 2.24) is 0 Å². The fourth-order valence-corrected chi connectivity index (χ4v) is 3.73. The lowest BCUT2D eigenvalue weighted by Crippen LogP contribution is -2.34. The number of sulfone groups is 1. The number of hydrogen-bond acceptors (Lipinski definition) is 4. The molecule has 0 radical (unpaired) electrons. The Morgan fingerprint density at radius 1 is 1.54 bits per heavy atom. The maximum atomic E-state index is 11.6. The molecule has 0 aliphatic carbocycles. The highest BCUT2D eigenvalue weighted by molar-refractivity contribution is 7.93. The van der Waals surface area contributed by atoms with Gasteiger partial charge in [0.2, 0.25) is 0 Å². The van der Waals surface area contributed by atoms with Gasteiger partial charge >= 0.3 is 0 Å². The van der Waals surface area contributed by atoms with Gasteiger partial charge in [-0.2, -0.15) is 0 Å². The fraction of sp³-hybridized carbons (Fsp3) is 1.00. The zero-order chi connectivity index (χ0) is 10.1. The van der Waals surface area contributed by atoms with Crippen LogP contribution in [-0.2, 0) is 14.7 Å². The molecule has 1 atom stereocenters. The summed E-state index contributed by atoms with van der Waals surface area (Å²) in [5.74, 6) is 5.40. The van der Waals surface area contributed by atoms with Crippen LogP contribution in [0.25, 0.3) is 0 Å². The van der Waals surface area contributed by atoms with E-state index in [9.17, 15) is 8.42 Å². The lowest BCUT2D eigenvalue weighted by atomic mass is 9.90. The normalized spacial score (nSPS) is 30.5. The molecule has 4 nitrogen and oxygen atoms in total. The van der Waals surface area contributed by atoms with E-state index < -0.39 is 14.6 Å². The smallest absolute Gasteiger partial charge is 0.155 e. The van der Waals surface area contributed by atoms with Crippen molar-refractivity contribution in [2.24, 2.45) is 11.8 Å². The van der Waals surface area contributed by atoms with Crippen LogP contribution < -0.4 is 5.90 Å². The van der Waals surface area contributed by atoms with Crippen LogP contribution in [0.5, 0.6) is 0 Å². The molecule has 0 aromatic heterocycles. The molecule has 1 unspecified atom stereocenters. The number of rotatable bonds is 3. The lowest BCUT2D eigenvalue weighted by Gasteiger charge is -2.25. The van der Waals surface area contributed by atoms with Crippen LogP contribution in [0.15, 0.2) is 0 Å². The second kappa shape index (κ2) is 3.55. The van der Waals surface area contributed by atoms with Gasteiger partial charge in [-0.25, -0.2) is 14.3 Å². The SMILES string of the molecule is CC1(C)C(CCON)CCS1(=O)=O. The Morgan fingerprint density at radius 3 is 2.54 bits per heavy atom. The topological polar surface area (TPSA) is 69.4 Å². The molecular weight excluding hydrogens is 190 g/mol. The van der Waals surface area contributed by atoms with Crippen molar-refractivity contribution in [2.75, 3.05) is 12.4 Å². The minimum atomic E-state index is -2.90. The Hall–Kier alpha value is -0.130. The highest BCUT2D eigenvalue weighted by Crippen LogP contribution is 2.38. The van der Waals surface area contributed by atoms with E-state index in [0.717, 1.165) is 12.8 Å². The summed E-state index contributed by atoms with van der Waals surface area (Å²) in [7, 11) is -2.90. The Morgan fingerprint density at radius 2 is 2.15 bits per heavy atom. The molecular formula is C8H17NO3S. The molecule has 1 aliphatic rings. The molecule has 2 N–H and O–H groups in total. The van der Waals surface area contributed by atoms with Gasteiger partial charge in [0, 0.05) is 0 Å². The van der Waals surface area contributed by atoms with Gasteiger partial charge in [0.05, 0.1) is 17.1 Å². The molecule has 5 heteroatoms. The minimum absolute atomic E-state index is 0.182. The predicted molar refractivity (Wildman–Crippen MR) is 50.7 cm³/mol. The van der Waals surface area contributed by atoms with Crippen molar-refractivity contribution in [3.63, 3.8) is 0 Å². The Balaban J connectivity index is 2.71. The maximum Gasteiger partial charge on any atom is 0.155 e. The summed E-state index contributed by atoms with van der Waals surface area (Å²) in [6.45, 7) is 4.01. The van der Waals surface area contributed by atoms with Crippen LogP contribution in [0, 0.1) is 5.92 Å². The molecule has 13 heavy (non-hydrogen) atoms. The zero-order valence-corrected chi connectivity index (χ0v) is 8.93. The number of hydrogen-bond donors (Lipinski definition) is 1. The van der Waals surface area contributed by atoms with Crippen LogP contribution in [0.3, 0.4) is 0 Å². The van der Waals surface area contributed by atoms with Gasteiger partial charge in [-0.3, -0.25) is 0 Å². The fourth-order valence-electron chi connectivity index (χ4n) is 1.86. The summed E-state index contributed by atoms with van der Waals surface area (Å²) >= 11 is 0. The highest BCUT2D eigenvalue weighted by atomic mass is 32.2. The average molecular weight is 207 g/mol. The molecule has 0 saturated carbocycles. The summed E-state index contributed by atoms with van der Waals surface area (Å²) in [4.78, 5) is 4.47. The van der Waals surface area contributed by atoms with Gasteiger partial charge in [-0.1, -0.05) is 0 Å². The summed E-state index contributed by atoms with van der Waals surface area (Å²) < 4.78 is 22.6. The Kier molecular flexibility index (Phi) is 2.99. The Bertz CT molecular complexity index is 271. The largest absolute Gasteiger partial charge is 0.305 e. The van der Waals surface area contributed by atoms with Crippen molar-refractivity contribution in [1.29, 1.82) is 0 Å². The zero-order valence-electron chi connectivity index (χ0n) is 8.12. The molecule has 1 saturated heterocycles. The molecule has 0 bridgehead atoms. The van der Waals surface area contributed by atoms with Crippen LogP contribution in [0.4, 0.5) is 0 Å². The third-order valence-corrected chi connectivity index (χ3v) is 5.81. The molecule has 0 aromatic rings. The molecule has 0 aromatic carbocycles. The van der Waals surface area contributed by atoms with Gasteiger partial charge in [0.15, 0.2) is 9.84 Å². The van der Waals surface area contributed by atoms with Crippen molar-refractivity contribution >= 4 is 9.84 Å². The van der Waals surface area contributed by atoms with E-state index in [2.05, 4.69) is 4.84 Å². The predicted octanol–water partition coefficient (Wildman–Crippen LogP) is 0.480. The van der Waals surface area contributed by atoms with E-state index >= 15 is 0 Å². The summed E-state index contributed by atoms with van der Waals surface area (Å²) in [5, 5.41) is 0. The molecule has 0 spiro atoms. The van der Waals surface area contributed by atoms with Gasteiger partial charge in [-0.05, 0) is 32.6 Å². The van der Waals surface area contributed by atoms with Crippen molar-refractivity contribution in [3.8, 4) is 0 Å². The second-order valence-corrected chi connectivity index (χ2v) is 6.76. The molecule has 1 rings (SSSR count). The van der Waals surface area contributed by atoms with Crippen LogP contribution in [0.2, 0.25) is 0 Å². The first-order valence-corrected chi connectivity index (χ1v) is 6.11. The van der Waals surface area contributed by atoms with Crippen LogP contribution in [0.1, 0.15) is 26.7 Å². The summed E-state index contributed by atoms with van der Waals surface area (Å²) in [5.41, 5.74) is 0. The highest BCUT2D eigenvalue weighted by Gasteiger charge is 2.46. The minimum Gasteiger partial charge on any atom is -0.305 e. The monoisotopic (exact) mass is 207 g/mol. The molecule has 1 fully saturated rings. The van der Waals surface area contributed by atoms with Crippen LogP contribution >= 0.6 is 0 Å². The molecule has 1 aliphatic heterocycles. The molecule has 1 heterocycles. The van der Waals surface area contributed by atoms with E-state index in [1.807, 2.05) is 0 Å². The van der Waals surface area contributed by atoms with Gasteiger partial charge < -0.3 is 4.84 Å². The summed E-state index contributed by atoms with van der Waals surface area (Å²) in [6, 6.07) is 0. The standard InChI is InChI=1S/C8H17NO3S/c1-8(2)7(3-5-12-9)4-6-13(8,10)11/h7H,3-6,9H2,1-2H3. The van der Waals surface area contributed by atoms with Gasteiger partial charge in [-0.15, -0.1) is 0 Å². The van der Waals surface area contributed by atoms with Crippen molar-refractivity contribution in [2.45, 2.75) is 31.4 Å². The lowest BCUT2D eigenvalue weighted by molar-refractivity contribution is 0.118. The van der Waals surface area contributed by atoms with E-state index in [1.54, 1.807) is 13.8 Å². The third kappa shape index (κ3) is 1.87. The average Bonchev–Trinajstić information content (AvgIpc) is 2.21. The first-order chi connectivity index (χ1) is 5.92. The van der Waals surface area contributed by atoms with Crippen molar-refractivity contribution < 1.29 is 13.3 Å². The van der Waals surface area contributed by atoms with E-state index in [-0.39, 0.29) is 5.92 Å². The van der Waals surface area contributed by atoms with Crippen LogP contribution in [-0.4, -0.2) is 25.5 Å². The maximum absolute atomic E-state index is 11.6. The second-order valence-electron chi connectivity index (χ2n) is 4.07. The quantitative estimate of drug-likeness (QED) is 0.683. The molecule has 78 valence electrons.